The first-order valence-corrected chi connectivity index (χ1v) is 9.01. The van der Waals surface area contributed by atoms with Gasteiger partial charge in [0, 0.05) is 44.5 Å². The maximum atomic E-state index is 12.4. The molecule has 1 fully saturated rings. The number of piperidine rings is 1. The Labute approximate surface area is 150 Å². The molecule has 1 aromatic rings. The van der Waals surface area contributed by atoms with Crippen molar-refractivity contribution in [3.63, 3.8) is 0 Å². The highest BCUT2D eigenvalue weighted by Crippen LogP contribution is 2.15. The third kappa shape index (κ3) is 5.54. The minimum absolute atomic E-state index is 0.0114. The van der Waals surface area contributed by atoms with Crippen LogP contribution in [-0.2, 0) is 9.53 Å². The molecule has 0 radical (unpaired) electrons. The van der Waals surface area contributed by atoms with Gasteiger partial charge in [0.2, 0.25) is 5.91 Å². The quantitative estimate of drug-likeness (QED) is 0.821. The zero-order chi connectivity index (χ0) is 18.2. The van der Waals surface area contributed by atoms with E-state index in [-0.39, 0.29) is 11.8 Å². The summed E-state index contributed by atoms with van der Waals surface area (Å²) >= 11 is 0. The van der Waals surface area contributed by atoms with E-state index < -0.39 is 0 Å². The molecule has 0 aromatic heterocycles. The van der Waals surface area contributed by atoms with Crippen LogP contribution >= 0.6 is 0 Å². The summed E-state index contributed by atoms with van der Waals surface area (Å²) < 4.78 is 5.35. The van der Waals surface area contributed by atoms with E-state index in [1.54, 1.807) is 30.2 Å². The summed E-state index contributed by atoms with van der Waals surface area (Å²) in [6.45, 7) is 7.36. The smallest absolute Gasteiger partial charge is 0.253 e. The SMILES string of the molecule is CCN(CC)C(=O)c1cccc(NC(=O)CN2CCC(OC)CC2)c1. The first-order valence-electron chi connectivity index (χ1n) is 9.01. The number of carbonyl (C=O) groups excluding carboxylic acids is 2. The molecule has 1 N–H and O–H groups in total. The lowest BCUT2D eigenvalue weighted by Crippen LogP contribution is -2.41. The van der Waals surface area contributed by atoms with Gasteiger partial charge in [-0.1, -0.05) is 6.07 Å². The number of amides is 2. The van der Waals surface area contributed by atoms with Gasteiger partial charge >= 0.3 is 0 Å². The summed E-state index contributed by atoms with van der Waals surface area (Å²) in [4.78, 5) is 28.6. The van der Waals surface area contributed by atoms with Gasteiger partial charge in [-0.3, -0.25) is 14.5 Å². The minimum Gasteiger partial charge on any atom is -0.381 e. The number of hydrogen-bond donors (Lipinski definition) is 1. The Morgan fingerprint density at radius 3 is 2.52 bits per heavy atom. The number of likely N-dealkylation sites (tertiary alicyclic amines) is 1. The second kappa shape index (κ2) is 9.53. The molecule has 2 rings (SSSR count). The lowest BCUT2D eigenvalue weighted by molar-refractivity contribution is -0.117. The van der Waals surface area contributed by atoms with Crippen LogP contribution in [0.15, 0.2) is 24.3 Å². The molecule has 1 aliphatic heterocycles. The molecule has 6 heteroatoms. The van der Waals surface area contributed by atoms with Crippen molar-refractivity contribution < 1.29 is 14.3 Å². The van der Waals surface area contributed by atoms with Gasteiger partial charge in [0.1, 0.15) is 0 Å². The van der Waals surface area contributed by atoms with Crippen LogP contribution in [0.3, 0.4) is 0 Å². The van der Waals surface area contributed by atoms with E-state index in [0.29, 0.717) is 37.0 Å². The molecule has 6 nitrogen and oxygen atoms in total. The van der Waals surface area contributed by atoms with Crippen molar-refractivity contribution in [3.05, 3.63) is 29.8 Å². The Balaban J connectivity index is 1.91. The van der Waals surface area contributed by atoms with Crippen LogP contribution in [0.2, 0.25) is 0 Å². The predicted molar refractivity (Wildman–Crippen MR) is 98.8 cm³/mol. The molecule has 138 valence electrons. The molecule has 0 unspecified atom stereocenters. The number of nitrogens with one attached hydrogen (secondary N) is 1. The van der Waals surface area contributed by atoms with Crippen LogP contribution in [0, 0.1) is 0 Å². The number of methoxy groups -OCH3 is 1. The molecule has 25 heavy (non-hydrogen) atoms. The molecule has 1 aliphatic rings. The third-order valence-electron chi connectivity index (χ3n) is 4.68. The number of hydrogen-bond acceptors (Lipinski definition) is 4. The van der Waals surface area contributed by atoms with E-state index in [4.69, 9.17) is 4.74 Å². The largest absolute Gasteiger partial charge is 0.381 e. The van der Waals surface area contributed by atoms with Gasteiger partial charge in [-0.05, 0) is 44.9 Å². The van der Waals surface area contributed by atoms with Crippen LogP contribution < -0.4 is 5.32 Å². The summed E-state index contributed by atoms with van der Waals surface area (Å²) in [6.07, 6.45) is 2.22. The summed E-state index contributed by atoms with van der Waals surface area (Å²) in [5.74, 6) is -0.0639. The van der Waals surface area contributed by atoms with Crippen molar-refractivity contribution in [2.45, 2.75) is 32.8 Å². The molecular weight excluding hydrogens is 318 g/mol. The van der Waals surface area contributed by atoms with Crippen molar-refractivity contribution >= 4 is 17.5 Å². The van der Waals surface area contributed by atoms with Crippen molar-refractivity contribution in [3.8, 4) is 0 Å². The number of nitrogens with zero attached hydrogens (tertiary/aromatic N) is 2. The third-order valence-corrected chi connectivity index (χ3v) is 4.68. The number of benzene rings is 1. The summed E-state index contributed by atoms with van der Waals surface area (Å²) in [5, 5.41) is 2.90. The maximum absolute atomic E-state index is 12.4. The van der Waals surface area contributed by atoms with Crippen molar-refractivity contribution in [2.75, 3.05) is 45.2 Å². The molecule has 1 aromatic carbocycles. The highest BCUT2D eigenvalue weighted by molar-refractivity contribution is 5.97. The standard InChI is InChI=1S/C19H29N3O3/c1-4-22(5-2)19(24)15-7-6-8-16(13-15)20-18(23)14-21-11-9-17(25-3)10-12-21/h6-8,13,17H,4-5,9-12,14H2,1-3H3,(H,20,23). The molecular formula is C19H29N3O3. The topological polar surface area (TPSA) is 61.9 Å². The van der Waals surface area contributed by atoms with Crippen LogP contribution in [0.25, 0.3) is 0 Å². The van der Waals surface area contributed by atoms with Gasteiger partial charge < -0.3 is 15.0 Å². The molecule has 0 spiro atoms. The number of rotatable bonds is 7. The van der Waals surface area contributed by atoms with Gasteiger partial charge in [-0.15, -0.1) is 0 Å². The zero-order valence-corrected chi connectivity index (χ0v) is 15.5. The first-order chi connectivity index (χ1) is 12.1. The lowest BCUT2D eigenvalue weighted by Gasteiger charge is -2.30. The second-order valence-electron chi connectivity index (χ2n) is 6.32. The Bertz CT molecular complexity index is 579. The van der Waals surface area contributed by atoms with Gasteiger partial charge in [-0.2, -0.15) is 0 Å². The monoisotopic (exact) mass is 347 g/mol. The average Bonchev–Trinajstić information content (AvgIpc) is 2.63. The highest BCUT2D eigenvalue weighted by atomic mass is 16.5. The van der Waals surface area contributed by atoms with Gasteiger partial charge in [-0.25, -0.2) is 0 Å². The van der Waals surface area contributed by atoms with E-state index in [1.165, 1.54) is 0 Å². The van der Waals surface area contributed by atoms with Crippen LogP contribution in [-0.4, -0.2) is 67.6 Å². The average molecular weight is 347 g/mol. The van der Waals surface area contributed by atoms with E-state index in [1.807, 2.05) is 19.9 Å². The summed E-state index contributed by atoms with van der Waals surface area (Å²) in [7, 11) is 1.74. The predicted octanol–water partition coefficient (Wildman–Crippen LogP) is 2.22. The molecule has 2 amide bonds. The molecule has 0 bridgehead atoms. The molecule has 0 saturated carbocycles. The molecule has 0 aliphatic carbocycles. The van der Waals surface area contributed by atoms with E-state index in [0.717, 1.165) is 25.9 Å². The van der Waals surface area contributed by atoms with Gasteiger partial charge in [0.25, 0.3) is 5.91 Å². The second-order valence-corrected chi connectivity index (χ2v) is 6.32. The fourth-order valence-corrected chi connectivity index (χ4v) is 3.13. The van der Waals surface area contributed by atoms with Crippen LogP contribution in [0.5, 0.6) is 0 Å². The minimum atomic E-state index is -0.0525. The zero-order valence-electron chi connectivity index (χ0n) is 15.5. The van der Waals surface area contributed by atoms with Crippen LogP contribution in [0.1, 0.15) is 37.0 Å². The highest BCUT2D eigenvalue weighted by Gasteiger charge is 2.20. The maximum Gasteiger partial charge on any atom is 0.253 e. The molecule has 1 saturated heterocycles. The summed E-state index contributed by atoms with van der Waals surface area (Å²) in [6, 6.07) is 7.14. The summed E-state index contributed by atoms with van der Waals surface area (Å²) in [5.41, 5.74) is 1.26. The number of carbonyl (C=O) groups is 2. The van der Waals surface area contributed by atoms with Crippen molar-refractivity contribution in [1.29, 1.82) is 0 Å². The van der Waals surface area contributed by atoms with E-state index in [9.17, 15) is 9.59 Å². The Kier molecular flexibility index (Phi) is 7.40. The van der Waals surface area contributed by atoms with Gasteiger partial charge in [0.05, 0.1) is 12.6 Å². The molecule has 1 heterocycles. The Morgan fingerprint density at radius 2 is 1.92 bits per heavy atom. The van der Waals surface area contributed by atoms with E-state index in [2.05, 4.69) is 10.2 Å². The van der Waals surface area contributed by atoms with Crippen molar-refractivity contribution in [2.24, 2.45) is 0 Å². The van der Waals surface area contributed by atoms with E-state index >= 15 is 0 Å². The van der Waals surface area contributed by atoms with Gasteiger partial charge in [0.15, 0.2) is 0 Å². The Morgan fingerprint density at radius 1 is 1.24 bits per heavy atom. The number of anilines is 1. The van der Waals surface area contributed by atoms with Crippen LogP contribution in [0.4, 0.5) is 5.69 Å². The lowest BCUT2D eigenvalue weighted by atomic mass is 10.1. The molecule has 0 atom stereocenters. The Hall–Kier alpha value is -1.92. The fourth-order valence-electron chi connectivity index (χ4n) is 3.13. The first kappa shape index (κ1) is 19.4. The number of ether oxygens (including phenoxy) is 1. The fraction of sp³-hybridized carbons (Fsp3) is 0.579. The normalized spacial score (nSPS) is 15.8. The van der Waals surface area contributed by atoms with Crippen molar-refractivity contribution in [1.82, 2.24) is 9.80 Å².